The number of hydrogen-bond donors (Lipinski definition) is 1. The van der Waals surface area contributed by atoms with Crippen molar-refractivity contribution in [1.29, 1.82) is 0 Å². The highest BCUT2D eigenvalue weighted by Gasteiger charge is 2.26. The van der Waals surface area contributed by atoms with Crippen LogP contribution in [-0.2, 0) is 7.05 Å². The third-order valence-corrected chi connectivity index (χ3v) is 5.09. The summed E-state index contributed by atoms with van der Waals surface area (Å²) in [5.41, 5.74) is 0.500. The summed E-state index contributed by atoms with van der Waals surface area (Å²) in [4.78, 5) is 38.7. The molecule has 1 N–H and O–H groups in total. The van der Waals surface area contributed by atoms with Crippen LogP contribution < -0.4 is 10.9 Å². The van der Waals surface area contributed by atoms with Crippen molar-refractivity contribution < 1.29 is 14.0 Å². The van der Waals surface area contributed by atoms with E-state index < -0.39 is 0 Å². The molecule has 0 saturated carbocycles. The first-order valence-electron chi connectivity index (χ1n) is 9.17. The zero-order chi connectivity index (χ0) is 19.6. The van der Waals surface area contributed by atoms with Crippen LogP contribution in [0.2, 0.25) is 0 Å². The van der Waals surface area contributed by atoms with Gasteiger partial charge in [-0.25, -0.2) is 0 Å². The molecular weight excluding hydrogens is 346 g/mol. The van der Waals surface area contributed by atoms with Crippen molar-refractivity contribution in [3.8, 4) is 0 Å². The number of likely N-dealkylation sites (tertiary alicyclic amines) is 1. The maximum Gasteiger partial charge on any atom is 0.263 e. The van der Waals surface area contributed by atoms with Gasteiger partial charge >= 0.3 is 0 Å². The Bertz CT molecular complexity index is 904. The van der Waals surface area contributed by atoms with Crippen molar-refractivity contribution in [2.24, 2.45) is 13.0 Å². The summed E-state index contributed by atoms with van der Waals surface area (Å²) in [7, 11) is 1.64. The van der Waals surface area contributed by atoms with Crippen LogP contribution in [0, 0.1) is 19.8 Å². The summed E-state index contributed by atoms with van der Waals surface area (Å²) in [5, 5.41) is 2.96. The van der Waals surface area contributed by atoms with Gasteiger partial charge in [-0.05, 0) is 50.8 Å². The molecule has 0 bridgehead atoms. The number of nitrogens with zero attached hydrogens (tertiary/aromatic N) is 2. The normalized spacial score (nSPS) is 15.0. The smallest absolute Gasteiger partial charge is 0.263 e. The predicted molar refractivity (Wildman–Crippen MR) is 101 cm³/mol. The van der Waals surface area contributed by atoms with E-state index in [0.29, 0.717) is 36.9 Å². The third-order valence-electron chi connectivity index (χ3n) is 5.09. The Morgan fingerprint density at radius 3 is 2.56 bits per heavy atom. The summed E-state index contributed by atoms with van der Waals surface area (Å²) in [5.74, 6) is 1.30. The number of rotatable bonds is 4. The summed E-state index contributed by atoms with van der Waals surface area (Å²) in [6.45, 7) is 5.33. The second kappa shape index (κ2) is 7.82. The first kappa shape index (κ1) is 18.9. The largest absolute Gasteiger partial charge is 0.466 e. The SMILES string of the molecule is Cc1cc(C(=O)NCC2CCN(C(=O)c3cccn(C)c3=O)CC2)c(C)o1. The number of amides is 2. The van der Waals surface area contributed by atoms with Crippen LogP contribution >= 0.6 is 0 Å². The van der Waals surface area contributed by atoms with Crippen LogP contribution in [0.25, 0.3) is 0 Å². The van der Waals surface area contributed by atoms with Gasteiger partial charge in [0, 0.05) is 32.9 Å². The molecule has 1 fully saturated rings. The molecule has 7 nitrogen and oxygen atoms in total. The van der Waals surface area contributed by atoms with Crippen LogP contribution in [0.4, 0.5) is 0 Å². The average Bonchev–Trinajstić information content (AvgIpc) is 3.00. The van der Waals surface area contributed by atoms with Crippen molar-refractivity contribution in [2.75, 3.05) is 19.6 Å². The molecule has 27 heavy (non-hydrogen) atoms. The lowest BCUT2D eigenvalue weighted by atomic mass is 9.96. The molecule has 3 rings (SSSR count). The number of nitrogens with one attached hydrogen (secondary N) is 1. The summed E-state index contributed by atoms with van der Waals surface area (Å²) < 4.78 is 6.81. The van der Waals surface area contributed by atoms with E-state index in [1.807, 2.05) is 6.92 Å². The monoisotopic (exact) mass is 371 g/mol. The molecular formula is C20H25N3O4. The first-order chi connectivity index (χ1) is 12.9. The highest BCUT2D eigenvalue weighted by Crippen LogP contribution is 2.19. The Morgan fingerprint density at radius 2 is 1.93 bits per heavy atom. The van der Waals surface area contributed by atoms with E-state index in [0.717, 1.165) is 18.6 Å². The standard InChI is InChI=1S/C20H25N3O4/c1-13-11-17(14(2)27-13)18(24)21-12-15-6-9-23(10-7-15)20(26)16-5-4-8-22(3)19(16)25/h4-5,8,11,15H,6-7,9-10,12H2,1-3H3,(H,21,24). The van der Waals surface area contributed by atoms with Gasteiger partial charge in [0.2, 0.25) is 0 Å². The fourth-order valence-electron chi connectivity index (χ4n) is 3.46. The lowest BCUT2D eigenvalue weighted by Gasteiger charge is -2.32. The van der Waals surface area contributed by atoms with E-state index in [1.54, 1.807) is 43.3 Å². The van der Waals surface area contributed by atoms with E-state index in [2.05, 4.69) is 5.32 Å². The summed E-state index contributed by atoms with van der Waals surface area (Å²) in [6, 6.07) is 5.02. The zero-order valence-electron chi connectivity index (χ0n) is 15.9. The van der Waals surface area contributed by atoms with Gasteiger partial charge in [0.15, 0.2) is 0 Å². The second-order valence-electron chi connectivity index (χ2n) is 7.11. The number of carbonyl (C=O) groups is 2. The summed E-state index contributed by atoms with van der Waals surface area (Å²) >= 11 is 0. The van der Waals surface area contributed by atoms with Crippen LogP contribution in [0.1, 0.15) is 45.1 Å². The van der Waals surface area contributed by atoms with Crippen molar-refractivity contribution in [3.05, 3.63) is 57.4 Å². The molecule has 2 aromatic rings. The Morgan fingerprint density at radius 1 is 1.22 bits per heavy atom. The molecule has 0 spiro atoms. The van der Waals surface area contributed by atoms with Crippen molar-refractivity contribution >= 4 is 11.8 Å². The van der Waals surface area contributed by atoms with Crippen molar-refractivity contribution in [3.63, 3.8) is 0 Å². The maximum absolute atomic E-state index is 12.6. The van der Waals surface area contributed by atoms with E-state index >= 15 is 0 Å². The topological polar surface area (TPSA) is 84.5 Å². The van der Waals surface area contributed by atoms with Crippen LogP contribution in [0.5, 0.6) is 0 Å². The second-order valence-corrected chi connectivity index (χ2v) is 7.11. The fourth-order valence-corrected chi connectivity index (χ4v) is 3.46. The predicted octanol–water partition coefficient (Wildman–Crippen LogP) is 1.88. The van der Waals surface area contributed by atoms with Gasteiger partial charge in [0.1, 0.15) is 17.1 Å². The average molecular weight is 371 g/mol. The molecule has 1 aliphatic rings. The number of aryl methyl sites for hydroxylation is 3. The molecule has 0 atom stereocenters. The minimum Gasteiger partial charge on any atom is -0.466 e. The Kier molecular flexibility index (Phi) is 5.48. The third kappa shape index (κ3) is 4.13. The summed E-state index contributed by atoms with van der Waals surface area (Å²) in [6.07, 6.45) is 3.22. The van der Waals surface area contributed by atoms with E-state index in [9.17, 15) is 14.4 Å². The Balaban J connectivity index is 1.52. The number of hydrogen-bond acceptors (Lipinski definition) is 4. The highest BCUT2D eigenvalue weighted by atomic mass is 16.3. The molecule has 0 aliphatic carbocycles. The minimum absolute atomic E-state index is 0.129. The zero-order valence-corrected chi connectivity index (χ0v) is 15.9. The van der Waals surface area contributed by atoms with Crippen LogP contribution in [0.15, 0.2) is 33.6 Å². The van der Waals surface area contributed by atoms with Gasteiger partial charge < -0.3 is 19.2 Å². The maximum atomic E-state index is 12.6. The van der Waals surface area contributed by atoms with Crippen LogP contribution in [0.3, 0.4) is 0 Å². The fraction of sp³-hybridized carbons (Fsp3) is 0.450. The highest BCUT2D eigenvalue weighted by molar-refractivity contribution is 5.95. The van der Waals surface area contributed by atoms with Crippen molar-refractivity contribution in [1.82, 2.24) is 14.8 Å². The lowest BCUT2D eigenvalue weighted by molar-refractivity contribution is 0.0682. The van der Waals surface area contributed by atoms with E-state index in [4.69, 9.17) is 4.42 Å². The Hall–Kier alpha value is -2.83. The Labute approximate surface area is 158 Å². The molecule has 0 unspecified atom stereocenters. The quantitative estimate of drug-likeness (QED) is 0.889. The van der Waals surface area contributed by atoms with Crippen molar-refractivity contribution in [2.45, 2.75) is 26.7 Å². The number of piperidine rings is 1. The molecule has 144 valence electrons. The molecule has 0 aromatic carbocycles. The number of aromatic nitrogens is 1. The molecule has 1 saturated heterocycles. The molecule has 2 aromatic heterocycles. The van der Waals surface area contributed by atoms with Gasteiger partial charge in [-0.15, -0.1) is 0 Å². The van der Waals surface area contributed by atoms with Gasteiger partial charge in [-0.1, -0.05) is 0 Å². The van der Waals surface area contributed by atoms with Gasteiger partial charge in [-0.2, -0.15) is 0 Å². The minimum atomic E-state index is -0.275. The molecule has 7 heteroatoms. The number of furan rings is 1. The van der Waals surface area contributed by atoms with Gasteiger partial charge in [0.05, 0.1) is 5.56 Å². The molecule has 2 amide bonds. The van der Waals surface area contributed by atoms with E-state index in [1.165, 1.54) is 4.57 Å². The lowest BCUT2D eigenvalue weighted by Crippen LogP contribution is -2.43. The first-order valence-corrected chi connectivity index (χ1v) is 9.17. The molecule has 3 heterocycles. The molecule has 0 radical (unpaired) electrons. The number of carbonyl (C=O) groups excluding carboxylic acids is 2. The van der Waals surface area contributed by atoms with E-state index in [-0.39, 0.29) is 22.9 Å². The van der Waals surface area contributed by atoms with Gasteiger partial charge in [-0.3, -0.25) is 14.4 Å². The van der Waals surface area contributed by atoms with Crippen LogP contribution in [-0.4, -0.2) is 40.9 Å². The molecule has 1 aliphatic heterocycles. The van der Waals surface area contributed by atoms with Gasteiger partial charge in [0.25, 0.3) is 17.4 Å². The number of pyridine rings is 1.